The van der Waals surface area contributed by atoms with Crippen LogP contribution in [-0.4, -0.2) is 28.8 Å². The summed E-state index contributed by atoms with van der Waals surface area (Å²) in [5.74, 6) is -0.405. The number of amides is 1. The van der Waals surface area contributed by atoms with Crippen LogP contribution in [0.4, 0.5) is 10.5 Å². The Kier molecular flexibility index (Phi) is 7.23. The molecule has 0 bridgehead atoms. The molecule has 3 aromatic rings. The van der Waals surface area contributed by atoms with E-state index in [-0.39, 0.29) is 0 Å². The number of aromatic nitrogens is 1. The SMILES string of the molecule is CCCCOC(=O)/C=C/c1cc2c(cc1NC(=O)OC(C)(C)C)c1ccccc1n2CC. The first-order valence-corrected chi connectivity index (χ1v) is 11.1. The Bertz CT molecular complexity index is 1150. The lowest BCUT2D eigenvalue weighted by Gasteiger charge is -2.20. The van der Waals surface area contributed by atoms with Crippen molar-refractivity contribution in [2.45, 2.75) is 59.6 Å². The fourth-order valence-electron chi connectivity index (χ4n) is 3.63. The maximum Gasteiger partial charge on any atom is 0.412 e. The van der Waals surface area contributed by atoms with Crippen molar-refractivity contribution < 1.29 is 19.1 Å². The van der Waals surface area contributed by atoms with E-state index in [1.165, 1.54) is 6.08 Å². The number of nitrogens with one attached hydrogen (secondary N) is 1. The molecule has 0 aliphatic carbocycles. The number of anilines is 1. The number of carbonyl (C=O) groups is 2. The molecule has 0 fully saturated rings. The molecular formula is C26H32N2O4. The Morgan fingerprint density at radius 1 is 1.06 bits per heavy atom. The van der Waals surface area contributed by atoms with Crippen LogP contribution >= 0.6 is 0 Å². The summed E-state index contributed by atoms with van der Waals surface area (Å²) >= 11 is 0. The molecule has 1 heterocycles. The van der Waals surface area contributed by atoms with Crippen LogP contribution in [0.1, 0.15) is 53.0 Å². The average Bonchev–Trinajstić information content (AvgIpc) is 3.03. The molecule has 1 amide bonds. The van der Waals surface area contributed by atoms with E-state index in [1.54, 1.807) is 6.08 Å². The Balaban J connectivity index is 2.06. The zero-order valence-electron chi connectivity index (χ0n) is 19.5. The third-order valence-corrected chi connectivity index (χ3v) is 5.04. The van der Waals surface area contributed by atoms with E-state index in [0.29, 0.717) is 17.9 Å². The summed E-state index contributed by atoms with van der Waals surface area (Å²) in [5.41, 5.74) is 2.80. The number of benzene rings is 2. The normalized spacial score (nSPS) is 11.9. The summed E-state index contributed by atoms with van der Waals surface area (Å²) in [6, 6.07) is 12.1. The van der Waals surface area contributed by atoms with Gasteiger partial charge in [-0.15, -0.1) is 0 Å². The van der Waals surface area contributed by atoms with E-state index < -0.39 is 17.7 Å². The molecule has 0 aliphatic heterocycles. The number of nitrogens with zero attached hydrogens (tertiary/aromatic N) is 1. The minimum absolute atomic E-state index is 0.395. The molecule has 0 unspecified atom stereocenters. The van der Waals surface area contributed by atoms with Gasteiger partial charge < -0.3 is 14.0 Å². The van der Waals surface area contributed by atoms with Crippen LogP contribution in [0.15, 0.2) is 42.5 Å². The second-order valence-electron chi connectivity index (χ2n) is 8.70. The maximum absolute atomic E-state index is 12.5. The number of aryl methyl sites for hydroxylation is 1. The number of unbranched alkanes of at least 4 members (excludes halogenated alkanes) is 1. The van der Waals surface area contributed by atoms with Gasteiger partial charge in [-0.25, -0.2) is 9.59 Å². The predicted octanol–water partition coefficient (Wildman–Crippen LogP) is 6.52. The molecular weight excluding hydrogens is 404 g/mol. The van der Waals surface area contributed by atoms with Gasteiger partial charge in [0.15, 0.2) is 0 Å². The Morgan fingerprint density at radius 2 is 1.81 bits per heavy atom. The summed E-state index contributed by atoms with van der Waals surface area (Å²) in [6.07, 6.45) is 4.32. The first kappa shape index (κ1) is 23.4. The van der Waals surface area contributed by atoms with Crippen LogP contribution in [-0.2, 0) is 20.8 Å². The number of para-hydroxylation sites is 1. The summed E-state index contributed by atoms with van der Waals surface area (Å²) < 4.78 is 12.9. The van der Waals surface area contributed by atoms with Gasteiger partial charge in [-0.05, 0) is 58.4 Å². The molecule has 6 nitrogen and oxygen atoms in total. The van der Waals surface area contributed by atoms with Crippen LogP contribution in [0.5, 0.6) is 0 Å². The van der Waals surface area contributed by atoms with Crippen molar-refractivity contribution in [1.82, 2.24) is 4.57 Å². The highest BCUT2D eigenvalue weighted by atomic mass is 16.6. The summed E-state index contributed by atoms with van der Waals surface area (Å²) in [4.78, 5) is 24.6. The summed E-state index contributed by atoms with van der Waals surface area (Å²) in [7, 11) is 0. The average molecular weight is 437 g/mol. The van der Waals surface area contributed by atoms with Gasteiger partial charge in [0.2, 0.25) is 0 Å². The standard InChI is InChI=1S/C26H32N2O4/c1-6-8-15-31-24(29)14-13-18-16-23-20(17-21(18)27-25(30)32-26(3,4)5)19-11-9-10-12-22(19)28(23)7-2/h9-14,16-17H,6-8,15H2,1-5H3,(H,27,30)/b14-13+. The predicted molar refractivity (Wildman–Crippen MR) is 130 cm³/mol. The smallest absolute Gasteiger partial charge is 0.412 e. The molecule has 0 aliphatic rings. The molecule has 1 N–H and O–H groups in total. The molecule has 6 heteroatoms. The van der Waals surface area contributed by atoms with Gasteiger partial charge in [-0.1, -0.05) is 31.5 Å². The summed E-state index contributed by atoms with van der Waals surface area (Å²) in [5, 5.41) is 4.98. The van der Waals surface area contributed by atoms with Crippen LogP contribution in [0.3, 0.4) is 0 Å². The fourth-order valence-corrected chi connectivity index (χ4v) is 3.63. The number of esters is 1. The second kappa shape index (κ2) is 9.90. The second-order valence-corrected chi connectivity index (χ2v) is 8.70. The van der Waals surface area contributed by atoms with Gasteiger partial charge in [-0.3, -0.25) is 5.32 Å². The molecule has 0 saturated carbocycles. The lowest BCUT2D eigenvalue weighted by atomic mass is 10.1. The molecule has 3 rings (SSSR count). The molecule has 32 heavy (non-hydrogen) atoms. The van der Waals surface area contributed by atoms with Crippen LogP contribution in [0.25, 0.3) is 27.9 Å². The number of rotatable bonds is 7. The molecule has 0 saturated heterocycles. The minimum atomic E-state index is -0.620. The molecule has 0 spiro atoms. The van der Waals surface area contributed by atoms with E-state index in [2.05, 4.69) is 28.9 Å². The van der Waals surface area contributed by atoms with Crippen molar-refractivity contribution in [2.24, 2.45) is 0 Å². The Hall–Kier alpha value is -3.28. The van der Waals surface area contributed by atoms with E-state index in [4.69, 9.17) is 9.47 Å². The van der Waals surface area contributed by atoms with Gasteiger partial charge in [-0.2, -0.15) is 0 Å². The fraction of sp³-hybridized carbons (Fsp3) is 0.385. The van der Waals surface area contributed by atoms with E-state index >= 15 is 0 Å². The molecule has 0 atom stereocenters. The Morgan fingerprint density at radius 3 is 2.50 bits per heavy atom. The highest BCUT2D eigenvalue weighted by Gasteiger charge is 2.19. The highest BCUT2D eigenvalue weighted by molar-refractivity contribution is 6.11. The quantitative estimate of drug-likeness (QED) is 0.260. The van der Waals surface area contributed by atoms with Crippen molar-refractivity contribution in [3.63, 3.8) is 0 Å². The lowest BCUT2D eigenvalue weighted by molar-refractivity contribution is -0.137. The molecule has 170 valence electrons. The largest absolute Gasteiger partial charge is 0.463 e. The monoisotopic (exact) mass is 436 g/mol. The van der Waals surface area contributed by atoms with Crippen molar-refractivity contribution in [3.05, 3.63) is 48.0 Å². The van der Waals surface area contributed by atoms with Gasteiger partial charge in [0.25, 0.3) is 0 Å². The molecule has 1 aromatic heterocycles. The first-order chi connectivity index (χ1) is 15.2. The van der Waals surface area contributed by atoms with Gasteiger partial charge in [0, 0.05) is 40.0 Å². The molecule has 0 radical (unpaired) electrons. The number of hydrogen-bond acceptors (Lipinski definition) is 4. The highest BCUT2D eigenvalue weighted by Crippen LogP contribution is 2.34. The molecule has 2 aromatic carbocycles. The zero-order chi connectivity index (χ0) is 23.3. The number of fused-ring (bicyclic) bond motifs is 3. The number of hydrogen-bond donors (Lipinski definition) is 1. The van der Waals surface area contributed by atoms with Crippen LogP contribution < -0.4 is 5.32 Å². The minimum Gasteiger partial charge on any atom is -0.463 e. The van der Waals surface area contributed by atoms with Gasteiger partial charge >= 0.3 is 12.1 Å². The first-order valence-electron chi connectivity index (χ1n) is 11.1. The van der Waals surface area contributed by atoms with Crippen molar-refractivity contribution in [2.75, 3.05) is 11.9 Å². The number of ether oxygens (including phenoxy) is 2. The zero-order valence-corrected chi connectivity index (χ0v) is 19.5. The van der Waals surface area contributed by atoms with Crippen molar-refractivity contribution >= 4 is 45.6 Å². The third-order valence-electron chi connectivity index (χ3n) is 5.04. The van der Waals surface area contributed by atoms with Gasteiger partial charge in [0.1, 0.15) is 5.60 Å². The van der Waals surface area contributed by atoms with Crippen LogP contribution in [0.2, 0.25) is 0 Å². The lowest BCUT2D eigenvalue weighted by Crippen LogP contribution is -2.27. The van der Waals surface area contributed by atoms with Gasteiger partial charge in [0.05, 0.1) is 12.3 Å². The van der Waals surface area contributed by atoms with E-state index in [1.807, 2.05) is 52.0 Å². The van der Waals surface area contributed by atoms with Crippen LogP contribution in [0, 0.1) is 0 Å². The van der Waals surface area contributed by atoms with Crippen molar-refractivity contribution in [3.8, 4) is 0 Å². The topological polar surface area (TPSA) is 69.6 Å². The maximum atomic E-state index is 12.5. The Labute approximate surface area is 189 Å². The summed E-state index contributed by atoms with van der Waals surface area (Å²) in [6.45, 7) is 10.8. The number of carbonyl (C=O) groups excluding carboxylic acids is 2. The van der Waals surface area contributed by atoms with Crippen molar-refractivity contribution in [1.29, 1.82) is 0 Å². The van der Waals surface area contributed by atoms with E-state index in [0.717, 1.165) is 41.2 Å². The van der Waals surface area contributed by atoms with E-state index in [9.17, 15) is 9.59 Å². The third kappa shape index (κ3) is 5.49.